The Morgan fingerprint density at radius 1 is 1.28 bits per heavy atom. The van der Waals surface area contributed by atoms with Crippen LogP contribution in [0.3, 0.4) is 0 Å². The summed E-state index contributed by atoms with van der Waals surface area (Å²) < 4.78 is 6.28. The van der Waals surface area contributed by atoms with E-state index in [9.17, 15) is 25.2 Å². The second-order valence-electron chi connectivity index (χ2n) is 5.76. The van der Waals surface area contributed by atoms with Crippen LogP contribution in [0.5, 0.6) is 5.88 Å². The van der Waals surface area contributed by atoms with Crippen molar-refractivity contribution in [1.29, 1.82) is 0 Å². The van der Waals surface area contributed by atoms with Gasteiger partial charge in [-0.3, -0.25) is 0 Å². The van der Waals surface area contributed by atoms with E-state index in [1.807, 2.05) is 0 Å². The number of esters is 1. The first-order valence-electron chi connectivity index (χ1n) is 7.48. The molecule has 4 atom stereocenters. The van der Waals surface area contributed by atoms with Crippen molar-refractivity contribution >= 4 is 16.9 Å². The van der Waals surface area contributed by atoms with Gasteiger partial charge in [-0.15, -0.1) is 4.73 Å². The topological polar surface area (TPSA) is 142 Å². The molecule has 25 heavy (non-hydrogen) atoms. The van der Waals surface area contributed by atoms with Gasteiger partial charge < -0.3 is 35.1 Å². The van der Waals surface area contributed by atoms with Crippen LogP contribution in [0.1, 0.15) is 6.92 Å². The summed E-state index contributed by atoms with van der Waals surface area (Å²) in [6, 6.07) is 8.52. The molecule has 1 aromatic carbocycles. The Hall–Kier alpha value is -2.17. The fraction of sp³-hybridized carbons (Fsp3) is 0.438. The van der Waals surface area contributed by atoms with E-state index < -0.39 is 36.5 Å². The van der Waals surface area contributed by atoms with Gasteiger partial charge in [0, 0.05) is 11.5 Å². The van der Waals surface area contributed by atoms with Crippen molar-refractivity contribution in [2.45, 2.75) is 30.8 Å². The molecule has 0 aliphatic heterocycles. The average molecular weight is 355 g/mol. The second kappa shape index (κ2) is 7.38. The van der Waals surface area contributed by atoms with Crippen LogP contribution in [0.4, 0.5) is 0 Å². The van der Waals surface area contributed by atoms with Crippen LogP contribution < -0.4 is 9.57 Å². The Balaban J connectivity index is 2.24. The number of hydrogen-bond acceptors (Lipinski definition) is 8. The van der Waals surface area contributed by atoms with E-state index in [4.69, 9.17) is 14.7 Å². The van der Waals surface area contributed by atoms with Gasteiger partial charge in [0.1, 0.15) is 24.9 Å². The van der Waals surface area contributed by atoms with E-state index in [0.29, 0.717) is 10.9 Å². The minimum atomic E-state index is -2.46. The zero-order chi connectivity index (χ0) is 18.8. The van der Waals surface area contributed by atoms with Crippen LogP contribution in [-0.2, 0) is 4.79 Å². The van der Waals surface area contributed by atoms with Crippen molar-refractivity contribution in [2.24, 2.45) is 0 Å². The molecule has 0 saturated heterocycles. The van der Waals surface area contributed by atoms with Crippen molar-refractivity contribution in [3.8, 4) is 5.88 Å². The SMILES string of the molecule is COn1c(OC(=O)C(O)C(C)(O)C(O)C(O)CO)cc2ccccc21. The van der Waals surface area contributed by atoms with Crippen molar-refractivity contribution in [2.75, 3.05) is 13.7 Å². The van der Waals surface area contributed by atoms with Crippen molar-refractivity contribution < 1.29 is 39.9 Å². The first-order chi connectivity index (χ1) is 11.7. The van der Waals surface area contributed by atoms with Crippen LogP contribution in [0.2, 0.25) is 0 Å². The molecule has 2 aromatic rings. The lowest BCUT2D eigenvalue weighted by atomic mass is 9.89. The highest BCUT2D eigenvalue weighted by Crippen LogP contribution is 2.26. The molecule has 0 amide bonds. The lowest BCUT2D eigenvalue weighted by molar-refractivity contribution is -0.190. The van der Waals surface area contributed by atoms with Gasteiger partial charge in [-0.05, 0) is 13.0 Å². The summed E-state index contributed by atoms with van der Waals surface area (Å²) in [6.45, 7) is 0.0747. The van der Waals surface area contributed by atoms with Gasteiger partial charge in [-0.1, -0.05) is 18.2 Å². The number of aliphatic hydroxyl groups is 5. The lowest BCUT2D eigenvalue weighted by Crippen LogP contribution is -2.58. The predicted molar refractivity (Wildman–Crippen MR) is 85.8 cm³/mol. The lowest BCUT2D eigenvalue weighted by Gasteiger charge is -2.34. The highest BCUT2D eigenvalue weighted by Gasteiger charge is 2.46. The summed E-state index contributed by atoms with van der Waals surface area (Å²) in [6.07, 6.45) is -5.91. The molecular formula is C16H21NO8. The fourth-order valence-corrected chi connectivity index (χ4v) is 2.41. The molecule has 0 fully saturated rings. The third kappa shape index (κ3) is 3.60. The number of hydrogen-bond donors (Lipinski definition) is 5. The Morgan fingerprint density at radius 2 is 1.92 bits per heavy atom. The molecule has 0 radical (unpaired) electrons. The number of aromatic nitrogens is 1. The number of fused-ring (bicyclic) bond motifs is 1. The number of rotatable bonds is 7. The normalized spacial score (nSPS) is 17.6. The summed E-state index contributed by atoms with van der Waals surface area (Å²) in [7, 11) is 1.36. The minimum absolute atomic E-state index is 0.0410. The van der Waals surface area contributed by atoms with Crippen LogP contribution in [0.15, 0.2) is 30.3 Å². The fourth-order valence-electron chi connectivity index (χ4n) is 2.41. The Morgan fingerprint density at radius 3 is 2.52 bits per heavy atom. The van der Waals surface area contributed by atoms with Gasteiger partial charge in [-0.25, -0.2) is 4.79 Å². The van der Waals surface area contributed by atoms with Gasteiger partial charge in [0.15, 0.2) is 6.10 Å². The first kappa shape index (κ1) is 19.2. The Labute approximate surface area is 143 Å². The van der Waals surface area contributed by atoms with E-state index >= 15 is 0 Å². The zero-order valence-corrected chi connectivity index (χ0v) is 13.7. The molecular weight excluding hydrogens is 334 g/mol. The van der Waals surface area contributed by atoms with Gasteiger partial charge in [0.25, 0.3) is 0 Å². The first-order valence-corrected chi connectivity index (χ1v) is 7.48. The largest absolute Gasteiger partial charge is 0.414 e. The second-order valence-corrected chi connectivity index (χ2v) is 5.76. The Kier molecular flexibility index (Phi) is 5.65. The molecule has 1 heterocycles. The number of para-hydroxylation sites is 1. The van der Waals surface area contributed by atoms with Crippen LogP contribution in [0.25, 0.3) is 10.9 Å². The molecule has 5 N–H and O–H groups in total. The summed E-state index contributed by atoms with van der Waals surface area (Å²) in [5.41, 5.74) is -1.84. The summed E-state index contributed by atoms with van der Waals surface area (Å²) >= 11 is 0. The molecule has 0 saturated carbocycles. The molecule has 0 bridgehead atoms. The van der Waals surface area contributed by atoms with Crippen molar-refractivity contribution in [3.63, 3.8) is 0 Å². The molecule has 2 rings (SSSR count). The molecule has 0 aliphatic carbocycles. The number of ether oxygens (including phenoxy) is 1. The van der Waals surface area contributed by atoms with Crippen LogP contribution in [-0.4, -0.2) is 73.9 Å². The number of benzene rings is 1. The standard InChI is InChI=1S/C16H21NO8/c1-16(23,13(20)11(19)8-18)14(21)15(22)25-12-7-9-5-3-4-6-10(9)17(12)24-2/h3-7,11,13-14,18-21,23H,8H2,1-2H3. The molecule has 9 heteroatoms. The monoisotopic (exact) mass is 355 g/mol. The molecule has 0 aliphatic rings. The smallest absolute Gasteiger partial charge is 0.344 e. The van der Waals surface area contributed by atoms with E-state index in [2.05, 4.69) is 0 Å². The third-order valence-electron chi connectivity index (χ3n) is 3.95. The van der Waals surface area contributed by atoms with Crippen LogP contribution >= 0.6 is 0 Å². The molecule has 1 aromatic heterocycles. The molecule has 4 unspecified atom stereocenters. The van der Waals surface area contributed by atoms with Crippen molar-refractivity contribution in [3.05, 3.63) is 30.3 Å². The van der Waals surface area contributed by atoms with Gasteiger partial charge >= 0.3 is 5.97 Å². The van der Waals surface area contributed by atoms with E-state index in [1.165, 1.54) is 17.9 Å². The van der Waals surface area contributed by atoms with Gasteiger partial charge in [0.2, 0.25) is 5.88 Å². The summed E-state index contributed by atoms with van der Waals surface area (Å²) in [4.78, 5) is 17.3. The van der Waals surface area contributed by atoms with E-state index in [-0.39, 0.29) is 5.88 Å². The third-order valence-corrected chi connectivity index (χ3v) is 3.95. The maximum Gasteiger partial charge on any atom is 0.344 e. The highest BCUT2D eigenvalue weighted by molar-refractivity contribution is 5.84. The zero-order valence-electron chi connectivity index (χ0n) is 13.7. The van der Waals surface area contributed by atoms with E-state index in [0.717, 1.165) is 6.92 Å². The predicted octanol–water partition coefficient (Wildman–Crippen LogP) is -1.57. The number of nitrogens with zero attached hydrogens (tertiary/aromatic N) is 1. The number of aliphatic hydroxyl groups excluding tert-OH is 4. The van der Waals surface area contributed by atoms with Gasteiger partial charge in [-0.2, -0.15) is 0 Å². The van der Waals surface area contributed by atoms with Crippen molar-refractivity contribution in [1.82, 2.24) is 4.73 Å². The maximum absolute atomic E-state index is 12.2. The van der Waals surface area contributed by atoms with Crippen LogP contribution in [0, 0.1) is 0 Å². The number of carbonyl (C=O) groups excluding carboxylic acids is 1. The minimum Gasteiger partial charge on any atom is -0.414 e. The van der Waals surface area contributed by atoms with Gasteiger partial charge in [0.05, 0.1) is 12.1 Å². The highest BCUT2D eigenvalue weighted by atomic mass is 16.7. The summed E-state index contributed by atoms with van der Waals surface area (Å²) in [5.74, 6) is -1.31. The number of carbonyl (C=O) groups is 1. The Bertz CT molecular complexity index is 741. The average Bonchev–Trinajstić information content (AvgIpc) is 2.96. The quantitative estimate of drug-likeness (QED) is 0.375. The molecule has 9 nitrogen and oxygen atoms in total. The summed E-state index contributed by atoms with van der Waals surface area (Å²) in [5, 5.41) is 48.9. The maximum atomic E-state index is 12.2. The van der Waals surface area contributed by atoms with E-state index in [1.54, 1.807) is 24.3 Å². The molecule has 138 valence electrons. The molecule has 0 spiro atoms.